The number of benzene rings is 2. The standard InChI is InChI=1S/C21H24N4O.ClH/c22-25-14-11-23-20(25)18-7-3-16(4-8-18)15-17-5-9-19(10-6-17)21(26)24-12-1-2-13-24;/h3-10H,1-2,11-15,22H2;1H. The molecule has 1 saturated heterocycles. The Hall–Kier alpha value is -2.37. The van der Waals surface area contributed by atoms with Crippen LogP contribution in [0.3, 0.4) is 0 Å². The third kappa shape index (κ3) is 4.31. The van der Waals surface area contributed by atoms with E-state index < -0.39 is 0 Å². The summed E-state index contributed by atoms with van der Waals surface area (Å²) in [5.74, 6) is 6.94. The molecule has 0 atom stereocenters. The smallest absolute Gasteiger partial charge is 0.253 e. The van der Waals surface area contributed by atoms with Crippen molar-refractivity contribution >= 4 is 24.1 Å². The second-order valence-corrected chi connectivity index (χ2v) is 6.97. The summed E-state index contributed by atoms with van der Waals surface area (Å²) in [5.41, 5.74) is 4.28. The van der Waals surface area contributed by atoms with Crippen LogP contribution >= 0.6 is 12.4 Å². The average molecular weight is 385 g/mol. The fraction of sp³-hybridized carbons (Fsp3) is 0.333. The molecule has 2 heterocycles. The highest BCUT2D eigenvalue weighted by atomic mass is 35.5. The van der Waals surface area contributed by atoms with E-state index in [1.54, 1.807) is 5.01 Å². The Labute approximate surface area is 166 Å². The summed E-state index contributed by atoms with van der Waals surface area (Å²) in [4.78, 5) is 18.8. The normalized spacial score (nSPS) is 16.3. The zero-order valence-electron chi connectivity index (χ0n) is 15.3. The van der Waals surface area contributed by atoms with E-state index >= 15 is 0 Å². The first kappa shape index (κ1) is 19.4. The second kappa shape index (κ2) is 8.55. The Bertz CT molecular complexity index is 811. The van der Waals surface area contributed by atoms with Crippen LogP contribution in [0.15, 0.2) is 53.5 Å². The molecule has 6 heteroatoms. The number of rotatable bonds is 4. The van der Waals surface area contributed by atoms with Crippen molar-refractivity contribution in [3.63, 3.8) is 0 Å². The molecule has 142 valence electrons. The van der Waals surface area contributed by atoms with Gasteiger partial charge in [0.1, 0.15) is 5.84 Å². The van der Waals surface area contributed by atoms with Crippen LogP contribution in [0.1, 0.15) is 39.9 Å². The lowest BCUT2D eigenvalue weighted by Crippen LogP contribution is -2.34. The molecule has 0 aliphatic carbocycles. The molecule has 0 bridgehead atoms. The van der Waals surface area contributed by atoms with Gasteiger partial charge in [-0.1, -0.05) is 36.4 Å². The Morgan fingerprint density at radius 2 is 1.52 bits per heavy atom. The SMILES string of the molecule is Cl.NN1CCN=C1c1ccc(Cc2ccc(C(=O)N3CCCC3)cc2)cc1. The van der Waals surface area contributed by atoms with Gasteiger partial charge in [0.15, 0.2) is 0 Å². The van der Waals surface area contributed by atoms with Gasteiger partial charge in [0, 0.05) is 24.2 Å². The van der Waals surface area contributed by atoms with Crippen LogP contribution in [0.4, 0.5) is 0 Å². The van der Waals surface area contributed by atoms with Gasteiger partial charge in [0.2, 0.25) is 0 Å². The summed E-state index contributed by atoms with van der Waals surface area (Å²) in [5, 5.41) is 1.70. The van der Waals surface area contributed by atoms with Crippen molar-refractivity contribution in [3.8, 4) is 0 Å². The topological polar surface area (TPSA) is 61.9 Å². The summed E-state index contributed by atoms with van der Waals surface area (Å²) in [7, 11) is 0. The van der Waals surface area contributed by atoms with Crippen molar-refractivity contribution in [1.29, 1.82) is 0 Å². The van der Waals surface area contributed by atoms with Gasteiger partial charge in [-0.25, -0.2) is 5.84 Å². The van der Waals surface area contributed by atoms with E-state index in [9.17, 15) is 4.79 Å². The maximum atomic E-state index is 12.4. The molecule has 1 fully saturated rings. The minimum atomic E-state index is 0. The van der Waals surface area contributed by atoms with Crippen LogP contribution in [-0.2, 0) is 6.42 Å². The van der Waals surface area contributed by atoms with E-state index in [4.69, 9.17) is 5.84 Å². The molecule has 5 nitrogen and oxygen atoms in total. The summed E-state index contributed by atoms with van der Waals surface area (Å²) < 4.78 is 0. The number of amidine groups is 1. The number of carbonyl (C=O) groups excluding carboxylic acids is 1. The highest BCUT2D eigenvalue weighted by Crippen LogP contribution is 2.16. The maximum absolute atomic E-state index is 12.4. The van der Waals surface area contributed by atoms with Gasteiger partial charge in [0.05, 0.1) is 13.1 Å². The van der Waals surface area contributed by atoms with Gasteiger partial charge in [-0.05, 0) is 42.5 Å². The predicted octanol–water partition coefficient (Wildman–Crippen LogP) is 2.87. The summed E-state index contributed by atoms with van der Waals surface area (Å²) >= 11 is 0. The molecule has 4 rings (SSSR count). The van der Waals surface area contributed by atoms with Gasteiger partial charge in [0.25, 0.3) is 5.91 Å². The third-order valence-corrected chi connectivity index (χ3v) is 5.09. The van der Waals surface area contributed by atoms with E-state index in [2.05, 4.69) is 41.4 Å². The molecule has 0 unspecified atom stereocenters. The Morgan fingerprint density at radius 1 is 0.926 bits per heavy atom. The molecular weight excluding hydrogens is 360 g/mol. The van der Waals surface area contributed by atoms with E-state index in [0.717, 1.165) is 62.4 Å². The Balaban J connectivity index is 0.00000210. The van der Waals surface area contributed by atoms with Crippen molar-refractivity contribution in [2.24, 2.45) is 10.8 Å². The van der Waals surface area contributed by atoms with Gasteiger partial charge in [-0.3, -0.25) is 14.8 Å². The van der Waals surface area contributed by atoms with Gasteiger partial charge >= 0.3 is 0 Å². The third-order valence-electron chi connectivity index (χ3n) is 5.09. The highest BCUT2D eigenvalue weighted by Gasteiger charge is 2.19. The van der Waals surface area contributed by atoms with Crippen molar-refractivity contribution < 1.29 is 4.79 Å². The number of hydrogen-bond acceptors (Lipinski definition) is 4. The molecule has 2 aliphatic heterocycles. The Morgan fingerprint density at radius 3 is 2.07 bits per heavy atom. The number of hydrogen-bond donors (Lipinski definition) is 1. The van der Waals surface area contributed by atoms with Crippen LogP contribution in [0.25, 0.3) is 0 Å². The van der Waals surface area contributed by atoms with Crippen molar-refractivity contribution in [2.45, 2.75) is 19.3 Å². The Kier molecular flexibility index (Phi) is 6.14. The fourth-order valence-corrected chi connectivity index (χ4v) is 3.59. The number of carbonyl (C=O) groups is 1. The number of amides is 1. The first-order chi connectivity index (χ1) is 12.7. The van der Waals surface area contributed by atoms with Crippen LogP contribution < -0.4 is 5.84 Å². The maximum Gasteiger partial charge on any atom is 0.253 e. The predicted molar refractivity (Wildman–Crippen MR) is 110 cm³/mol. The van der Waals surface area contributed by atoms with E-state index in [1.807, 2.05) is 17.0 Å². The number of aliphatic imine (C=N–C) groups is 1. The highest BCUT2D eigenvalue weighted by molar-refractivity contribution is 5.99. The van der Waals surface area contributed by atoms with E-state index in [1.165, 1.54) is 11.1 Å². The molecule has 0 spiro atoms. The van der Waals surface area contributed by atoms with Gasteiger partial charge in [-0.15, -0.1) is 12.4 Å². The van der Waals surface area contributed by atoms with Gasteiger partial charge in [-0.2, -0.15) is 0 Å². The molecule has 2 aromatic rings. The molecule has 2 aromatic carbocycles. The van der Waals surface area contributed by atoms with Crippen molar-refractivity contribution in [3.05, 3.63) is 70.8 Å². The van der Waals surface area contributed by atoms with Crippen molar-refractivity contribution in [1.82, 2.24) is 9.91 Å². The van der Waals surface area contributed by atoms with E-state index in [0.29, 0.717) is 0 Å². The lowest BCUT2D eigenvalue weighted by molar-refractivity contribution is 0.0793. The van der Waals surface area contributed by atoms with E-state index in [-0.39, 0.29) is 18.3 Å². The minimum absolute atomic E-state index is 0. The zero-order chi connectivity index (χ0) is 17.9. The molecule has 1 amide bonds. The van der Waals surface area contributed by atoms with Crippen molar-refractivity contribution in [2.75, 3.05) is 26.2 Å². The second-order valence-electron chi connectivity index (χ2n) is 6.97. The number of nitrogens with zero attached hydrogens (tertiary/aromatic N) is 3. The van der Waals surface area contributed by atoms with Gasteiger partial charge < -0.3 is 4.90 Å². The van der Waals surface area contributed by atoms with Crippen LogP contribution in [0, 0.1) is 0 Å². The summed E-state index contributed by atoms with van der Waals surface area (Å²) in [6.45, 7) is 3.31. The minimum Gasteiger partial charge on any atom is -0.339 e. The molecule has 27 heavy (non-hydrogen) atoms. The molecule has 2 N–H and O–H groups in total. The number of nitrogens with two attached hydrogens (primary N) is 1. The zero-order valence-corrected chi connectivity index (χ0v) is 16.1. The fourth-order valence-electron chi connectivity index (χ4n) is 3.59. The molecule has 0 aromatic heterocycles. The first-order valence-electron chi connectivity index (χ1n) is 9.25. The lowest BCUT2D eigenvalue weighted by Gasteiger charge is -2.15. The lowest BCUT2D eigenvalue weighted by atomic mass is 10.0. The number of halogens is 1. The number of hydrazine groups is 1. The van der Waals surface area contributed by atoms with Crippen LogP contribution in [-0.4, -0.2) is 47.8 Å². The monoisotopic (exact) mass is 384 g/mol. The molecular formula is C21H25ClN4O. The molecule has 0 saturated carbocycles. The molecule has 0 radical (unpaired) electrons. The first-order valence-corrected chi connectivity index (χ1v) is 9.25. The quantitative estimate of drug-likeness (QED) is 0.824. The average Bonchev–Trinajstić information content (AvgIpc) is 3.34. The summed E-state index contributed by atoms with van der Waals surface area (Å²) in [6.07, 6.45) is 3.08. The largest absolute Gasteiger partial charge is 0.339 e. The number of likely N-dealkylation sites (tertiary alicyclic amines) is 1. The molecule has 2 aliphatic rings. The summed E-state index contributed by atoms with van der Waals surface area (Å²) in [6, 6.07) is 16.4. The van der Waals surface area contributed by atoms with Crippen LogP contribution in [0.5, 0.6) is 0 Å². The van der Waals surface area contributed by atoms with Crippen LogP contribution in [0.2, 0.25) is 0 Å².